The minimum absolute atomic E-state index is 0.531. The van der Waals surface area contributed by atoms with Crippen molar-refractivity contribution in [2.45, 2.75) is 0 Å². The summed E-state index contributed by atoms with van der Waals surface area (Å²) in [6.07, 6.45) is 2.52. The number of hydrogen-bond donors (Lipinski definition) is 2. The van der Waals surface area contributed by atoms with Crippen molar-refractivity contribution in [1.29, 1.82) is 0 Å². The number of anilines is 1. The fraction of sp³-hybridized carbons (Fsp3) is 0. The summed E-state index contributed by atoms with van der Waals surface area (Å²) in [6, 6.07) is 11.8. The van der Waals surface area contributed by atoms with Gasteiger partial charge in [-0.3, -0.25) is 0 Å². The molecule has 0 aliphatic carbocycles. The first-order valence-electron chi connectivity index (χ1n) is 5.52. The standard InChI is InChI=1S/C14H10N2O2/c17-13(18)8-7-12-15-10-5-1-3-9-4-2-6-11(16-12)14(9)10/h1-8H,(H,15,16)(H,17,18)/b8-7-. The summed E-state index contributed by atoms with van der Waals surface area (Å²) in [7, 11) is 0. The van der Waals surface area contributed by atoms with Crippen molar-refractivity contribution in [3.8, 4) is 0 Å². The first-order chi connectivity index (χ1) is 8.74. The molecular formula is C14H10N2O2. The molecule has 4 heteroatoms. The summed E-state index contributed by atoms with van der Waals surface area (Å²) in [4.78, 5) is 14.9. The van der Waals surface area contributed by atoms with Gasteiger partial charge in [0.05, 0.1) is 5.69 Å². The lowest BCUT2D eigenvalue weighted by Crippen LogP contribution is -2.12. The number of hydrogen-bond acceptors (Lipinski definition) is 3. The van der Waals surface area contributed by atoms with Crippen LogP contribution < -0.4 is 5.32 Å². The molecule has 4 nitrogen and oxygen atoms in total. The number of rotatable bonds is 2. The van der Waals surface area contributed by atoms with E-state index in [1.807, 2.05) is 36.4 Å². The van der Waals surface area contributed by atoms with Crippen LogP contribution in [-0.4, -0.2) is 16.9 Å². The molecule has 1 aliphatic heterocycles. The number of benzene rings is 2. The van der Waals surface area contributed by atoms with E-state index in [9.17, 15) is 4.79 Å². The van der Waals surface area contributed by atoms with Crippen molar-refractivity contribution in [2.75, 3.05) is 5.32 Å². The van der Waals surface area contributed by atoms with Crippen LogP contribution in [0.2, 0.25) is 0 Å². The summed E-state index contributed by atoms with van der Waals surface area (Å²) in [5, 5.41) is 13.9. The van der Waals surface area contributed by atoms with Gasteiger partial charge in [0.2, 0.25) is 0 Å². The smallest absolute Gasteiger partial charge is 0.328 e. The van der Waals surface area contributed by atoms with Crippen molar-refractivity contribution < 1.29 is 9.90 Å². The number of aliphatic carboxylic acids is 1. The Morgan fingerprint density at radius 1 is 1.22 bits per heavy atom. The third kappa shape index (κ3) is 1.73. The van der Waals surface area contributed by atoms with Crippen LogP contribution in [0.5, 0.6) is 0 Å². The Kier molecular flexibility index (Phi) is 2.34. The van der Waals surface area contributed by atoms with Gasteiger partial charge in [-0.05, 0) is 23.6 Å². The van der Waals surface area contributed by atoms with E-state index >= 15 is 0 Å². The van der Waals surface area contributed by atoms with Gasteiger partial charge in [0, 0.05) is 17.1 Å². The topological polar surface area (TPSA) is 61.7 Å². The number of carbonyl (C=O) groups is 1. The maximum absolute atomic E-state index is 10.5. The summed E-state index contributed by atoms with van der Waals surface area (Å²) in [5.41, 5.74) is 1.80. The molecule has 2 aromatic rings. The van der Waals surface area contributed by atoms with Gasteiger partial charge < -0.3 is 10.4 Å². The van der Waals surface area contributed by atoms with E-state index in [4.69, 9.17) is 5.11 Å². The average Bonchev–Trinajstić information content (AvgIpc) is 2.37. The summed E-state index contributed by atoms with van der Waals surface area (Å²) in [5.74, 6) is -0.458. The Balaban J connectivity index is 2.14. The van der Waals surface area contributed by atoms with Gasteiger partial charge in [-0.25, -0.2) is 9.79 Å². The number of amidine groups is 1. The molecule has 3 rings (SSSR count). The van der Waals surface area contributed by atoms with Crippen molar-refractivity contribution in [3.05, 3.63) is 48.6 Å². The van der Waals surface area contributed by atoms with Crippen LogP contribution in [0.3, 0.4) is 0 Å². The zero-order valence-electron chi connectivity index (χ0n) is 9.42. The lowest BCUT2D eigenvalue weighted by Gasteiger charge is -2.16. The molecule has 0 spiro atoms. The number of aliphatic imine (C=N–C) groups is 1. The molecule has 0 unspecified atom stereocenters. The molecule has 18 heavy (non-hydrogen) atoms. The Morgan fingerprint density at radius 3 is 2.78 bits per heavy atom. The molecule has 1 heterocycles. The number of carboxylic acid groups (broad SMARTS) is 1. The van der Waals surface area contributed by atoms with Gasteiger partial charge >= 0.3 is 5.97 Å². The Bertz CT molecular complexity index is 697. The van der Waals surface area contributed by atoms with Crippen molar-refractivity contribution in [3.63, 3.8) is 0 Å². The third-order valence-electron chi connectivity index (χ3n) is 2.77. The highest BCUT2D eigenvalue weighted by molar-refractivity contribution is 6.17. The largest absolute Gasteiger partial charge is 0.478 e. The Hall–Kier alpha value is -2.62. The van der Waals surface area contributed by atoms with Crippen LogP contribution in [0.1, 0.15) is 0 Å². The van der Waals surface area contributed by atoms with Gasteiger partial charge in [0.15, 0.2) is 0 Å². The summed E-state index contributed by atoms with van der Waals surface area (Å²) in [6.45, 7) is 0. The van der Waals surface area contributed by atoms with E-state index in [1.54, 1.807) is 0 Å². The number of nitrogens with zero attached hydrogens (tertiary/aromatic N) is 1. The van der Waals surface area contributed by atoms with Crippen molar-refractivity contribution in [2.24, 2.45) is 4.99 Å². The van der Waals surface area contributed by atoms with Gasteiger partial charge in [-0.15, -0.1) is 0 Å². The molecule has 0 fully saturated rings. The van der Waals surface area contributed by atoms with E-state index in [-0.39, 0.29) is 0 Å². The molecule has 0 saturated carbocycles. The fourth-order valence-corrected chi connectivity index (χ4v) is 2.04. The fourth-order valence-electron chi connectivity index (χ4n) is 2.04. The number of nitrogens with one attached hydrogen (secondary N) is 1. The summed E-state index contributed by atoms with van der Waals surface area (Å²) >= 11 is 0. The maximum Gasteiger partial charge on any atom is 0.328 e. The van der Waals surface area contributed by atoms with Gasteiger partial charge in [-0.2, -0.15) is 0 Å². The zero-order chi connectivity index (χ0) is 12.5. The van der Waals surface area contributed by atoms with Crippen LogP contribution in [0.15, 0.2) is 53.5 Å². The van der Waals surface area contributed by atoms with Gasteiger partial charge in [0.1, 0.15) is 5.84 Å². The molecule has 2 aromatic carbocycles. The molecule has 0 saturated heterocycles. The first kappa shape index (κ1) is 10.5. The van der Waals surface area contributed by atoms with Crippen LogP contribution in [0.4, 0.5) is 11.4 Å². The zero-order valence-corrected chi connectivity index (χ0v) is 9.42. The quantitative estimate of drug-likeness (QED) is 0.791. The monoisotopic (exact) mass is 238 g/mol. The van der Waals surface area contributed by atoms with Gasteiger partial charge in [0.25, 0.3) is 0 Å². The lowest BCUT2D eigenvalue weighted by atomic mass is 10.1. The molecule has 0 atom stereocenters. The second-order valence-electron chi connectivity index (χ2n) is 3.97. The average molecular weight is 238 g/mol. The first-order valence-corrected chi connectivity index (χ1v) is 5.52. The molecule has 88 valence electrons. The molecule has 1 aliphatic rings. The SMILES string of the molecule is O=C(O)/C=C\C1=Nc2cccc3cccc(c23)N1. The molecule has 0 aromatic heterocycles. The van der Waals surface area contributed by atoms with Crippen molar-refractivity contribution in [1.82, 2.24) is 0 Å². The predicted molar refractivity (Wildman–Crippen MR) is 71.4 cm³/mol. The summed E-state index contributed by atoms with van der Waals surface area (Å²) < 4.78 is 0. The number of carboxylic acids is 1. The van der Waals surface area contributed by atoms with E-state index in [2.05, 4.69) is 10.3 Å². The lowest BCUT2D eigenvalue weighted by molar-refractivity contribution is -0.131. The highest BCUT2D eigenvalue weighted by Gasteiger charge is 2.12. The van der Waals surface area contributed by atoms with Gasteiger partial charge in [-0.1, -0.05) is 24.3 Å². The van der Waals surface area contributed by atoms with Crippen LogP contribution in [0, 0.1) is 0 Å². The van der Waals surface area contributed by atoms with Crippen LogP contribution >= 0.6 is 0 Å². The minimum atomic E-state index is -0.989. The maximum atomic E-state index is 10.5. The van der Waals surface area contributed by atoms with E-state index in [0.717, 1.165) is 28.2 Å². The van der Waals surface area contributed by atoms with E-state index in [0.29, 0.717) is 5.84 Å². The molecule has 2 N–H and O–H groups in total. The Morgan fingerprint density at radius 2 is 2.00 bits per heavy atom. The van der Waals surface area contributed by atoms with E-state index < -0.39 is 5.97 Å². The molecule has 0 bridgehead atoms. The van der Waals surface area contributed by atoms with Crippen LogP contribution in [0.25, 0.3) is 10.8 Å². The predicted octanol–water partition coefficient (Wildman–Crippen LogP) is 2.94. The highest BCUT2D eigenvalue weighted by Crippen LogP contribution is 2.35. The highest BCUT2D eigenvalue weighted by atomic mass is 16.4. The van der Waals surface area contributed by atoms with Crippen LogP contribution in [-0.2, 0) is 4.79 Å². The molecular weight excluding hydrogens is 228 g/mol. The van der Waals surface area contributed by atoms with E-state index in [1.165, 1.54) is 6.08 Å². The van der Waals surface area contributed by atoms with Crippen molar-refractivity contribution >= 4 is 34.0 Å². The minimum Gasteiger partial charge on any atom is -0.478 e. The molecule has 0 radical (unpaired) electrons. The third-order valence-corrected chi connectivity index (χ3v) is 2.77. The second kappa shape index (κ2) is 4.00. The second-order valence-corrected chi connectivity index (χ2v) is 3.97. The Labute approximate surface area is 103 Å². The normalized spacial score (nSPS) is 13.4. The molecule has 0 amide bonds.